The predicted octanol–water partition coefficient (Wildman–Crippen LogP) is 1.27. The fourth-order valence-electron chi connectivity index (χ4n) is 3.47. The number of rotatable bonds is 4. The topological polar surface area (TPSA) is 123 Å². The number of nitrogens with zero attached hydrogens (tertiary/aromatic N) is 2. The molecule has 0 saturated carbocycles. The summed E-state index contributed by atoms with van der Waals surface area (Å²) < 4.78 is 5.55. The zero-order valence-electron chi connectivity index (χ0n) is 15.2. The minimum atomic E-state index is -1.76. The molecule has 1 aromatic heterocycles. The maximum Gasteiger partial charge on any atom is 0.335 e. The molecule has 3 aromatic rings. The molecule has 0 spiro atoms. The zero-order valence-corrected chi connectivity index (χ0v) is 15.2. The van der Waals surface area contributed by atoms with Crippen LogP contribution < -0.4 is 4.90 Å². The number of aromatic nitrogens is 1. The van der Waals surface area contributed by atoms with E-state index >= 15 is 0 Å². The SMILES string of the molecule is O=C(O)[C@H]1OC(N(c2ccccc2)c2ccc3ccccc3n2)[C@H](O)[C@@H](O)[C@@H]1O. The average molecular weight is 396 g/mol. The second-order valence-electron chi connectivity index (χ2n) is 6.82. The van der Waals surface area contributed by atoms with Crippen LogP contribution in [0.4, 0.5) is 11.5 Å². The number of aliphatic hydroxyl groups excluding tert-OH is 3. The largest absolute Gasteiger partial charge is 0.479 e. The third-order valence-electron chi connectivity index (χ3n) is 4.95. The maximum absolute atomic E-state index is 11.5. The highest BCUT2D eigenvalue weighted by Gasteiger charge is 2.49. The first-order valence-electron chi connectivity index (χ1n) is 9.10. The van der Waals surface area contributed by atoms with Crippen LogP contribution in [0.2, 0.25) is 0 Å². The van der Waals surface area contributed by atoms with Crippen molar-refractivity contribution in [1.29, 1.82) is 0 Å². The van der Waals surface area contributed by atoms with Gasteiger partial charge in [0.15, 0.2) is 12.3 Å². The van der Waals surface area contributed by atoms with Crippen molar-refractivity contribution < 1.29 is 30.0 Å². The van der Waals surface area contributed by atoms with E-state index < -0.39 is 36.6 Å². The van der Waals surface area contributed by atoms with Crippen molar-refractivity contribution in [2.24, 2.45) is 0 Å². The van der Waals surface area contributed by atoms with Gasteiger partial charge in [-0.05, 0) is 30.3 Å². The Morgan fingerprint density at radius 2 is 1.55 bits per heavy atom. The van der Waals surface area contributed by atoms with Crippen molar-refractivity contribution in [3.63, 3.8) is 0 Å². The maximum atomic E-state index is 11.5. The second-order valence-corrected chi connectivity index (χ2v) is 6.82. The molecule has 2 heterocycles. The fraction of sp³-hybridized carbons (Fsp3) is 0.238. The first kappa shape index (κ1) is 19.3. The molecule has 4 rings (SSSR count). The Hall–Kier alpha value is -3.04. The lowest BCUT2D eigenvalue weighted by molar-refractivity contribution is -0.225. The van der Waals surface area contributed by atoms with E-state index in [9.17, 15) is 25.2 Å². The highest BCUT2D eigenvalue weighted by molar-refractivity contribution is 5.81. The third-order valence-corrected chi connectivity index (χ3v) is 4.95. The number of fused-ring (bicyclic) bond motifs is 1. The van der Waals surface area contributed by atoms with E-state index in [1.54, 1.807) is 30.3 Å². The van der Waals surface area contributed by atoms with Gasteiger partial charge in [0.25, 0.3) is 0 Å². The molecule has 1 unspecified atom stereocenters. The number of para-hydroxylation sites is 2. The number of anilines is 2. The lowest BCUT2D eigenvalue weighted by Gasteiger charge is -2.44. The molecule has 0 bridgehead atoms. The van der Waals surface area contributed by atoms with Crippen LogP contribution in [0.5, 0.6) is 0 Å². The summed E-state index contributed by atoms with van der Waals surface area (Å²) in [5, 5.41) is 41.2. The number of benzene rings is 2. The molecular weight excluding hydrogens is 376 g/mol. The number of pyridine rings is 1. The summed E-state index contributed by atoms with van der Waals surface area (Å²) in [4.78, 5) is 17.7. The minimum Gasteiger partial charge on any atom is -0.479 e. The summed E-state index contributed by atoms with van der Waals surface area (Å²) in [5.74, 6) is -1.04. The van der Waals surface area contributed by atoms with Gasteiger partial charge in [-0.3, -0.25) is 4.90 Å². The highest BCUT2D eigenvalue weighted by Crippen LogP contribution is 2.34. The third kappa shape index (κ3) is 3.54. The summed E-state index contributed by atoms with van der Waals surface area (Å²) in [7, 11) is 0. The number of hydrogen-bond acceptors (Lipinski definition) is 7. The summed E-state index contributed by atoms with van der Waals surface area (Å²) in [5.41, 5.74) is 1.28. The van der Waals surface area contributed by atoms with Gasteiger partial charge in [-0.2, -0.15) is 0 Å². The van der Waals surface area contributed by atoms with Gasteiger partial charge in [0.2, 0.25) is 0 Å². The van der Waals surface area contributed by atoms with Gasteiger partial charge in [-0.25, -0.2) is 9.78 Å². The van der Waals surface area contributed by atoms with E-state index in [0.29, 0.717) is 17.0 Å². The molecule has 1 fully saturated rings. The molecule has 0 radical (unpaired) electrons. The molecule has 0 amide bonds. The van der Waals surface area contributed by atoms with Crippen molar-refractivity contribution in [1.82, 2.24) is 4.98 Å². The van der Waals surface area contributed by atoms with Crippen LogP contribution in [-0.4, -0.2) is 62.0 Å². The lowest BCUT2D eigenvalue weighted by Crippen LogP contribution is -2.63. The Balaban J connectivity index is 1.83. The second kappa shape index (κ2) is 7.76. The minimum absolute atomic E-state index is 0.395. The zero-order chi connectivity index (χ0) is 20.5. The van der Waals surface area contributed by atoms with E-state index in [1.807, 2.05) is 36.4 Å². The molecule has 4 N–H and O–H groups in total. The monoisotopic (exact) mass is 396 g/mol. The smallest absolute Gasteiger partial charge is 0.335 e. The molecule has 1 saturated heterocycles. The Kier molecular flexibility index (Phi) is 5.16. The summed E-state index contributed by atoms with van der Waals surface area (Å²) in [6.07, 6.45) is -8.04. The van der Waals surface area contributed by atoms with Gasteiger partial charge in [-0.15, -0.1) is 0 Å². The van der Waals surface area contributed by atoms with Gasteiger partial charge in [-0.1, -0.05) is 36.4 Å². The van der Waals surface area contributed by atoms with Crippen LogP contribution in [0, 0.1) is 0 Å². The Bertz CT molecular complexity index is 1010. The van der Waals surface area contributed by atoms with E-state index in [1.165, 1.54) is 4.90 Å². The number of aliphatic hydroxyl groups is 3. The van der Waals surface area contributed by atoms with Crippen LogP contribution in [0.25, 0.3) is 10.9 Å². The number of carboxylic acids is 1. The number of carbonyl (C=O) groups is 1. The molecule has 8 heteroatoms. The summed E-state index contributed by atoms with van der Waals surface area (Å²) >= 11 is 0. The quantitative estimate of drug-likeness (QED) is 0.520. The van der Waals surface area contributed by atoms with E-state index in [0.717, 1.165) is 5.39 Å². The fourth-order valence-corrected chi connectivity index (χ4v) is 3.47. The van der Waals surface area contributed by atoms with Gasteiger partial charge >= 0.3 is 5.97 Å². The van der Waals surface area contributed by atoms with E-state index in [-0.39, 0.29) is 0 Å². The van der Waals surface area contributed by atoms with Crippen molar-refractivity contribution in [3.05, 3.63) is 66.7 Å². The number of carboxylic acid groups (broad SMARTS) is 1. The Labute approximate surface area is 166 Å². The number of hydrogen-bond donors (Lipinski definition) is 4. The summed E-state index contributed by atoms with van der Waals surface area (Å²) in [6, 6.07) is 19.9. The first-order chi connectivity index (χ1) is 14.0. The summed E-state index contributed by atoms with van der Waals surface area (Å²) in [6.45, 7) is 0. The van der Waals surface area contributed by atoms with E-state index in [2.05, 4.69) is 4.98 Å². The molecule has 1 aliphatic heterocycles. The van der Waals surface area contributed by atoms with Gasteiger partial charge in [0.1, 0.15) is 24.1 Å². The molecule has 2 aromatic carbocycles. The van der Waals surface area contributed by atoms with Crippen molar-refractivity contribution in [2.45, 2.75) is 30.6 Å². The normalized spacial score (nSPS) is 26.9. The molecule has 1 aliphatic rings. The molecule has 29 heavy (non-hydrogen) atoms. The number of aliphatic carboxylic acids is 1. The molecule has 5 atom stereocenters. The van der Waals surface area contributed by atoms with Crippen molar-refractivity contribution >= 4 is 28.4 Å². The van der Waals surface area contributed by atoms with Crippen LogP contribution in [-0.2, 0) is 9.53 Å². The van der Waals surface area contributed by atoms with Gasteiger partial charge in [0.05, 0.1) is 5.52 Å². The highest BCUT2D eigenvalue weighted by atomic mass is 16.6. The number of ether oxygens (including phenoxy) is 1. The molecule has 8 nitrogen and oxygen atoms in total. The van der Waals surface area contributed by atoms with Gasteiger partial charge < -0.3 is 25.2 Å². The Morgan fingerprint density at radius 3 is 2.28 bits per heavy atom. The molecule has 150 valence electrons. The first-order valence-corrected chi connectivity index (χ1v) is 9.10. The van der Waals surface area contributed by atoms with Crippen LogP contribution in [0.1, 0.15) is 0 Å². The average Bonchev–Trinajstić information content (AvgIpc) is 2.74. The van der Waals surface area contributed by atoms with Crippen LogP contribution in [0.3, 0.4) is 0 Å². The standard InChI is InChI=1S/C21H20N2O6/c24-16-17(25)19(21(27)28)29-20(18(16)26)23(13-7-2-1-3-8-13)15-11-10-12-6-4-5-9-14(12)22-15/h1-11,16-20,24-26H,(H,27,28)/t16-,17-,18+,19-,20?/m0/s1. The molecular formula is C21H20N2O6. The molecule has 0 aliphatic carbocycles. The van der Waals surface area contributed by atoms with Gasteiger partial charge in [0, 0.05) is 11.1 Å². The van der Waals surface area contributed by atoms with Crippen molar-refractivity contribution in [3.8, 4) is 0 Å². The predicted molar refractivity (Wildman–Crippen MR) is 105 cm³/mol. The van der Waals surface area contributed by atoms with Crippen molar-refractivity contribution in [2.75, 3.05) is 4.90 Å². The lowest BCUT2D eigenvalue weighted by atomic mass is 9.97. The van der Waals surface area contributed by atoms with E-state index in [4.69, 9.17) is 4.74 Å². The van der Waals surface area contributed by atoms with Crippen LogP contribution >= 0.6 is 0 Å². The Morgan fingerprint density at radius 1 is 0.862 bits per heavy atom. The van der Waals surface area contributed by atoms with Crippen LogP contribution in [0.15, 0.2) is 66.7 Å².